The molecule has 32 heavy (non-hydrogen) atoms. The Kier molecular flexibility index (Phi) is 7.52. The topological polar surface area (TPSA) is 68.3 Å². The summed E-state index contributed by atoms with van der Waals surface area (Å²) in [5, 5.41) is 0.197. The Hall–Kier alpha value is -2.91. The summed E-state index contributed by atoms with van der Waals surface area (Å²) in [4.78, 5) is 28.4. The number of benzene rings is 2. The molecule has 1 aliphatic heterocycles. The summed E-state index contributed by atoms with van der Waals surface area (Å²) >= 11 is 9.05. The molecule has 0 aromatic heterocycles. The largest absolute Gasteiger partial charge is 0.496 e. The number of thiocarbonyl (C=S) groups is 1. The fraction of sp³-hybridized carbons (Fsp3) is 0.261. The molecule has 9 heteroatoms. The first-order valence-corrected chi connectivity index (χ1v) is 11.0. The highest BCUT2D eigenvalue weighted by molar-refractivity contribution is 9.10. The van der Waals surface area contributed by atoms with Gasteiger partial charge in [0.25, 0.3) is 5.91 Å². The number of anilines is 1. The van der Waals surface area contributed by atoms with Crippen LogP contribution in [0.4, 0.5) is 5.69 Å². The van der Waals surface area contributed by atoms with E-state index in [4.69, 9.17) is 26.4 Å². The van der Waals surface area contributed by atoms with Crippen LogP contribution < -0.4 is 14.4 Å². The summed E-state index contributed by atoms with van der Waals surface area (Å²) in [5.74, 6) is 0.218. The van der Waals surface area contributed by atoms with Gasteiger partial charge in [-0.15, -0.1) is 0 Å². The van der Waals surface area contributed by atoms with E-state index >= 15 is 0 Å². The molecule has 0 aliphatic carbocycles. The fourth-order valence-electron chi connectivity index (χ4n) is 3.28. The van der Waals surface area contributed by atoms with Crippen molar-refractivity contribution in [2.24, 2.45) is 0 Å². The normalized spacial score (nSPS) is 14.8. The molecule has 0 bridgehead atoms. The Balaban J connectivity index is 2.10. The minimum atomic E-state index is -0.517. The van der Waals surface area contributed by atoms with Gasteiger partial charge in [-0.3, -0.25) is 14.5 Å². The third-order valence-electron chi connectivity index (χ3n) is 5.05. The molecule has 0 unspecified atom stereocenters. The second-order valence-electron chi connectivity index (χ2n) is 6.86. The Morgan fingerprint density at radius 3 is 2.31 bits per heavy atom. The van der Waals surface area contributed by atoms with Crippen molar-refractivity contribution in [2.75, 3.05) is 32.8 Å². The number of esters is 1. The van der Waals surface area contributed by atoms with Gasteiger partial charge in [0.05, 0.1) is 31.5 Å². The lowest BCUT2D eigenvalue weighted by Crippen LogP contribution is -2.35. The van der Waals surface area contributed by atoms with Crippen LogP contribution in [-0.2, 0) is 20.7 Å². The predicted octanol–water partition coefficient (Wildman–Crippen LogP) is 4.18. The van der Waals surface area contributed by atoms with E-state index in [9.17, 15) is 9.59 Å². The van der Waals surface area contributed by atoms with Crippen molar-refractivity contribution < 1.29 is 23.8 Å². The average Bonchev–Trinajstić information content (AvgIpc) is 3.03. The molecule has 1 amide bonds. The third-order valence-corrected chi connectivity index (χ3v) is 6.07. The van der Waals surface area contributed by atoms with Crippen LogP contribution in [0.3, 0.4) is 0 Å². The van der Waals surface area contributed by atoms with Crippen LogP contribution in [0.1, 0.15) is 18.1 Å². The highest BCUT2D eigenvalue weighted by atomic mass is 79.9. The van der Waals surface area contributed by atoms with E-state index in [0.29, 0.717) is 27.2 Å². The van der Waals surface area contributed by atoms with Crippen molar-refractivity contribution >= 4 is 56.9 Å². The number of aryl methyl sites for hydroxylation is 1. The van der Waals surface area contributed by atoms with E-state index in [2.05, 4.69) is 22.9 Å². The molecule has 0 N–H and O–H groups in total. The molecule has 1 heterocycles. The maximum absolute atomic E-state index is 13.5. The SMILES string of the molecule is CCc1ccc(N2C(=O)/C(=C/c3cc(Br)c(OC)cc3OC)N(CC(=O)OC)C2=S)cc1. The molecule has 3 rings (SSSR count). The van der Waals surface area contributed by atoms with Crippen molar-refractivity contribution in [3.8, 4) is 11.5 Å². The fourth-order valence-corrected chi connectivity index (χ4v) is 4.15. The summed E-state index contributed by atoms with van der Waals surface area (Å²) in [6.45, 7) is 1.86. The molecule has 0 spiro atoms. The standard InChI is InChI=1S/C23H23BrN2O5S/c1-5-14-6-8-16(9-7-14)26-22(28)18(25(23(26)32)13-21(27)31-4)11-15-10-17(24)20(30-3)12-19(15)29-2/h6-12H,5,13H2,1-4H3/b18-11-. The number of carbonyl (C=O) groups is 2. The smallest absolute Gasteiger partial charge is 0.325 e. The number of rotatable bonds is 7. The van der Waals surface area contributed by atoms with Crippen molar-refractivity contribution in [3.05, 3.63) is 57.7 Å². The molecule has 1 saturated heterocycles. The maximum atomic E-state index is 13.5. The van der Waals surface area contributed by atoms with Gasteiger partial charge in [0, 0.05) is 11.6 Å². The predicted molar refractivity (Wildman–Crippen MR) is 130 cm³/mol. The zero-order chi connectivity index (χ0) is 23.4. The van der Waals surface area contributed by atoms with Gasteiger partial charge in [0.15, 0.2) is 5.11 Å². The minimum absolute atomic E-state index is 0.197. The second-order valence-corrected chi connectivity index (χ2v) is 8.08. The summed E-state index contributed by atoms with van der Waals surface area (Å²) < 4.78 is 16.3. The molecule has 7 nitrogen and oxygen atoms in total. The Labute approximate surface area is 200 Å². The molecule has 168 valence electrons. The van der Waals surface area contributed by atoms with Crippen LogP contribution >= 0.6 is 28.1 Å². The summed E-state index contributed by atoms with van der Waals surface area (Å²) in [5.41, 5.74) is 2.61. The van der Waals surface area contributed by atoms with Gasteiger partial charge >= 0.3 is 5.97 Å². The second kappa shape index (κ2) is 10.1. The van der Waals surface area contributed by atoms with Crippen molar-refractivity contribution in [3.63, 3.8) is 0 Å². The lowest BCUT2D eigenvalue weighted by molar-refractivity contribution is -0.140. The maximum Gasteiger partial charge on any atom is 0.325 e. The number of halogens is 1. The first-order chi connectivity index (χ1) is 15.3. The van der Waals surface area contributed by atoms with Gasteiger partial charge in [-0.1, -0.05) is 19.1 Å². The molecule has 0 atom stereocenters. The first-order valence-electron chi connectivity index (χ1n) is 9.79. The number of ether oxygens (including phenoxy) is 3. The van der Waals surface area contributed by atoms with Crippen LogP contribution in [0.5, 0.6) is 11.5 Å². The van der Waals surface area contributed by atoms with Gasteiger partial charge in [0.2, 0.25) is 0 Å². The van der Waals surface area contributed by atoms with Gasteiger partial charge < -0.3 is 19.1 Å². The van der Waals surface area contributed by atoms with Crippen LogP contribution in [0.2, 0.25) is 0 Å². The van der Waals surface area contributed by atoms with E-state index < -0.39 is 5.97 Å². The van der Waals surface area contributed by atoms with E-state index in [-0.39, 0.29) is 23.3 Å². The van der Waals surface area contributed by atoms with Crippen LogP contribution in [-0.4, -0.2) is 49.8 Å². The van der Waals surface area contributed by atoms with E-state index in [1.54, 1.807) is 25.3 Å². The number of methoxy groups -OCH3 is 3. The summed E-state index contributed by atoms with van der Waals surface area (Å²) in [6.07, 6.45) is 2.52. The molecule has 0 radical (unpaired) electrons. The van der Waals surface area contributed by atoms with Crippen molar-refractivity contribution in [1.82, 2.24) is 4.90 Å². The van der Waals surface area contributed by atoms with Crippen LogP contribution in [0.25, 0.3) is 6.08 Å². The van der Waals surface area contributed by atoms with E-state index in [1.807, 2.05) is 24.3 Å². The minimum Gasteiger partial charge on any atom is -0.496 e. The lowest BCUT2D eigenvalue weighted by atomic mass is 10.1. The van der Waals surface area contributed by atoms with Gasteiger partial charge in [-0.05, 0) is 64.4 Å². The molecular weight excluding hydrogens is 496 g/mol. The number of carbonyl (C=O) groups excluding carboxylic acids is 2. The highest BCUT2D eigenvalue weighted by Crippen LogP contribution is 2.36. The van der Waals surface area contributed by atoms with Crippen molar-refractivity contribution in [1.29, 1.82) is 0 Å². The molecule has 0 saturated carbocycles. The quantitative estimate of drug-likeness (QED) is 0.309. The van der Waals surface area contributed by atoms with Gasteiger partial charge in [0.1, 0.15) is 23.7 Å². The first kappa shape index (κ1) is 23.7. The van der Waals surface area contributed by atoms with Gasteiger partial charge in [-0.25, -0.2) is 0 Å². The highest BCUT2D eigenvalue weighted by Gasteiger charge is 2.40. The Bertz CT molecular complexity index is 1080. The number of hydrogen-bond donors (Lipinski definition) is 0. The van der Waals surface area contributed by atoms with Crippen LogP contribution in [0.15, 0.2) is 46.6 Å². The molecular formula is C23H23BrN2O5S. The zero-order valence-electron chi connectivity index (χ0n) is 18.2. The number of amides is 1. The monoisotopic (exact) mass is 518 g/mol. The lowest BCUT2D eigenvalue weighted by Gasteiger charge is -2.19. The molecule has 1 fully saturated rings. The third kappa shape index (κ3) is 4.63. The Morgan fingerprint density at radius 1 is 1.09 bits per heavy atom. The molecule has 2 aromatic carbocycles. The molecule has 2 aromatic rings. The van der Waals surface area contributed by atoms with Gasteiger partial charge in [-0.2, -0.15) is 0 Å². The van der Waals surface area contributed by atoms with Crippen LogP contribution in [0, 0.1) is 0 Å². The van der Waals surface area contributed by atoms with Crippen molar-refractivity contribution in [2.45, 2.75) is 13.3 Å². The summed E-state index contributed by atoms with van der Waals surface area (Å²) in [6, 6.07) is 11.1. The number of hydrogen-bond acceptors (Lipinski definition) is 6. The average molecular weight is 519 g/mol. The van der Waals surface area contributed by atoms with E-state index in [1.165, 1.54) is 24.0 Å². The zero-order valence-corrected chi connectivity index (χ0v) is 20.6. The number of nitrogens with zero attached hydrogens (tertiary/aromatic N) is 2. The summed E-state index contributed by atoms with van der Waals surface area (Å²) in [7, 11) is 4.37. The van der Waals surface area contributed by atoms with E-state index in [0.717, 1.165) is 12.0 Å². The molecule has 1 aliphatic rings. The Morgan fingerprint density at radius 2 is 1.75 bits per heavy atom.